The molecule has 0 bridgehead atoms. The summed E-state index contributed by atoms with van der Waals surface area (Å²) in [7, 11) is 1.51. The van der Waals surface area contributed by atoms with Gasteiger partial charge in [0, 0.05) is 12.8 Å². The van der Waals surface area contributed by atoms with Crippen molar-refractivity contribution in [2.24, 2.45) is 0 Å². The number of methoxy groups -OCH3 is 1. The molecule has 3 rings (SSSR count). The fourth-order valence-corrected chi connectivity index (χ4v) is 4.20. The maximum absolute atomic E-state index is 13.0. The predicted octanol–water partition coefficient (Wildman–Crippen LogP) is 5.01. The number of fused-ring (bicyclic) bond motifs is 1. The van der Waals surface area contributed by atoms with Gasteiger partial charge < -0.3 is 10.1 Å². The van der Waals surface area contributed by atoms with Gasteiger partial charge in [-0.1, -0.05) is 35.5 Å². The van der Waals surface area contributed by atoms with Crippen LogP contribution in [0.2, 0.25) is 5.02 Å². The Morgan fingerprint density at radius 1 is 1.28 bits per heavy atom. The van der Waals surface area contributed by atoms with Crippen LogP contribution < -0.4 is 10.9 Å². The lowest BCUT2D eigenvalue weighted by atomic mass is 10.2. The number of halogens is 4. The smallest absolute Gasteiger partial charge is 0.383 e. The number of ether oxygens (including phenoxy) is 1. The second-order valence-electron chi connectivity index (χ2n) is 6.92. The molecule has 170 valence electrons. The normalized spacial score (nSPS) is 12.7. The van der Waals surface area contributed by atoms with E-state index in [0.29, 0.717) is 16.1 Å². The lowest BCUT2D eigenvalue weighted by Gasteiger charge is -2.18. The number of amides is 1. The molecule has 0 aliphatic heterocycles. The monoisotopic (exact) mass is 485 g/mol. The summed E-state index contributed by atoms with van der Waals surface area (Å²) in [5.41, 5.74) is -0.864. The Labute approximate surface area is 190 Å². The Balaban J connectivity index is 1.83. The molecule has 0 radical (unpaired) electrons. The molecular formula is C21H19ClF3N3O3S. The van der Waals surface area contributed by atoms with E-state index < -0.39 is 22.7 Å². The van der Waals surface area contributed by atoms with E-state index in [9.17, 15) is 22.8 Å². The van der Waals surface area contributed by atoms with Crippen LogP contribution in [0.15, 0.2) is 52.4 Å². The van der Waals surface area contributed by atoms with Crippen LogP contribution in [0.25, 0.3) is 10.9 Å². The summed E-state index contributed by atoms with van der Waals surface area (Å²) in [6, 6.07) is 9.62. The van der Waals surface area contributed by atoms with E-state index in [4.69, 9.17) is 16.3 Å². The summed E-state index contributed by atoms with van der Waals surface area (Å²) in [4.78, 5) is 29.9. The van der Waals surface area contributed by atoms with Gasteiger partial charge in [0.15, 0.2) is 5.16 Å². The van der Waals surface area contributed by atoms with Crippen LogP contribution in [0.3, 0.4) is 0 Å². The molecule has 0 saturated carbocycles. The molecule has 6 nitrogen and oxygen atoms in total. The number of hydrogen-bond acceptors (Lipinski definition) is 5. The van der Waals surface area contributed by atoms with Crippen LogP contribution in [-0.4, -0.2) is 34.9 Å². The third-order valence-corrected chi connectivity index (χ3v) is 5.79. The van der Waals surface area contributed by atoms with Crippen molar-refractivity contribution in [2.45, 2.75) is 24.3 Å². The lowest BCUT2D eigenvalue weighted by Crippen LogP contribution is -2.29. The van der Waals surface area contributed by atoms with E-state index in [1.165, 1.54) is 17.7 Å². The number of aromatic nitrogens is 2. The van der Waals surface area contributed by atoms with Gasteiger partial charge in [0.25, 0.3) is 5.56 Å². The van der Waals surface area contributed by atoms with Gasteiger partial charge in [0.1, 0.15) is 0 Å². The Morgan fingerprint density at radius 3 is 2.69 bits per heavy atom. The second-order valence-corrected chi connectivity index (χ2v) is 8.27. The van der Waals surface area contributed by atoms with E-state index in [-0.39, 0.29) is 29.6 Å². The highest BCUT2D eigenvalue weighted by molar-refractivity contribution is 7.99. The average molecular weight is 486 g/mol. The summed E-state index contributed by atoms with van der Waals surface area (Å²) in [6.45, 7) is 2.04. The number of hydrogen-bond donors (Lipinski definition) is 1. The number of thioether (sulfide) groups is 1. The molecular weight excluding hydrogens is 467 g/mol. The molecule has 3 aromatic rings. The van der Waals surface area contributed by atoms with Crippen molar-refractivity contribution in [3.05, 3.63) is 63.4 Å². The summed E-state index contributed by atoms with van der Waals surface area (Å²) in [5.74, 6) is -0.729. The van der Waals surface area contributed by atoms with Gasteiger partial charge in [0.2, 0.25) is 5.91 Å². The summed E-state index contributed by atoms with van der Waals surface area (Å²) in [5, 5.41) is 2.70. The fraction of sp³-hybridized carbons (Fsp3) is 0.286. The Kier molecular flexibility index (Phi) is 7.47. The molecule has 1 N–H and O–H groups in total. The number of carbonyl (C=O) groups excluding carboxylic acids is 1. The highest BCUT2D eigenvalue weighted by Gasteiger charge is 2.33. The predicted molar refractivity (Wildman–Crippen MR) is 118 cm³/mol. The van der Waals surface area contributed by atoms with Gasteiger partial charge in [-0.25, -0.2) is 4.98 Å². The van der Waals surface area contributed by atoms with Gasteiger partial charge in [0.05, 0.1) is 39.9 Å². The van der Waals surface area contributed by atoms with Gasteiger partial charge in [-0.05, 0) is 37.3 Å². The Morgan fingerprint density at radius 2 is 2.00 bits per heavy atom. The standard InChI is InChI=1S/C21H19ClF3N3O3S/c1-12(10-31-2)28-19(30)14-5-3-4-6-17(14)27-20(28)32-11-18(29)26-13-7-8-16(22)15(9-13)21(23,24)25/h3-9,12H,10-11H2,1-2H3,(H,26,29)/t12-/m0/s1. The molecule has 0 unspecified atom stereocenters. The number of nitrogens with one attached hydrogen (secondary N) is 1. The minimum absolute atomic E-state index is 0.0380. The molecule has 0 fully saturated rings. The van der Waals surface area contributed by atoms with E-state index in [0.717, 1.165) is 23.9 Å². The fourth-order valence-electron chi connectivity index (χ4n) is 3.08. The summed E-state index contributed by atoms with van der Waals surface area (Å²) in [6.07, 6.45) is -4.64. The van der Waals surface area contributed by atoms with Gasteiger partial charge >= 0.3 is 6.18 Å². The van der Waals surface area contributed by atoms with Gasteiger partial charge in [-0.15, -0.1) is 0 Å². The number of anilines is 1. The molecule has 32 heavy (non-hydrogen) atoms. The lowest BCUT2D eigenvalue weighted by molar-refractivity contribution is -0.137. The van der Waals surface area contributed by atoms with Crippen LogP contribution in [-0.2, 0) is 15.7 Å². The zero-order chi connectivity index (χ0) is 23.5. The first kappa shape index (κ1) is 24.1. The van der Waals surface area contributed by atoms with Gasteiger partial charge in [-0.2, -0.15) is 13.2 Å². The SMILES string of the molecule is COC[C@H](C)n1c(SCC(=O)Nc2ccc(Cl)c(C(F)(F)F)c2)nc2ccccc2c1=O. The van der Waals surface area contributed by atoms with Crippen LogP contribution in [0, 0.1) is 0 Å². The molecule has 2 aromatic carbocycles. The van der Waals surface area contributed by atoms with Crippen molar-refractivity contribution in [1.82, 2.24) is 9.55 Å². The summed E-state index contributed by atoms with van der Waals surface area (Å²) >= 11 is 6.61. The van der Waals surface area contributed by atoms with Crippen LogP contribution >= 0.6 is 23.4 Å². The van der Waals surface area contributed by atoms with Crippen molar-refractivity contribution in [2.75, 3.05) is 24.8 Å². The number of para-hydroxylation sites is 1. The van der Waals surface area contributed by atoms with Crippen molar-refractivity contribution >= 4 is 45.9 Å². The topological polar surface area (TPSA) is 73.2 Å². The van der Waals surface area contributed by atoms with Crippen molar-refractivity contribution < 1.29 is 22.7 Å². The van der Waals surface area contributed by atoms with Gasteiger partial charge in [-0.3, -0.25) is 14.2 Å². The second kappa shape index (κ2) is 9.93. The number of carbonyl (C=O) groups is 1. The number of rotatable bonds is 7. The minimum Gasteiger partial charge on any atom is -0.383 e. The van der Waals surface area contributed by atoms with Crippen LogP contribution in [0.1, 0.15) is 18.5 Å². The first-order valence-electron chi connectivity index (χ1n) is 9.41. The number of benzene rings is 2. The first-order chi connectivity index (χ1) is 15.1. The molecule has 1 aromatic heterocycles. The molecule has 0 aliphatic rings. The average Bonchev–Trinajstić information content (AvgIpc) is 2.73. The molecule has 1 heterocycles. The zero-order valence-corrected chi connectivity index (χ0v) is 18.6. The van der Waals surface area contributed by atoms with Crippen LogP contribution in [0.4, 0.5) is 18.9 Å². The molecule has 0 aliphatic carbocycles. The third kappa shape index (κ3) is 5.43. The largest absolute Gasteiger partial charge is 0.417 e. The molecule has 0 saturated heterocycles. The van der Waals surface area contributed by atoms with E-state index in [2.05, 4.69) is 10.3 Å². The van der Waals surface area contributed by atoms with Crippen molar-refractivity contribution in [3.63, 3.8) is 0 Å². The first-order valence-corrected chi connectivity index (χ1v) is 10.8. The summed E-state index contributed by atoms with van der Waals surface area (Å²) < 4.78 is 45.7. The molecule has 1 amide bonds. The van der Waals surface area contributed by atoms with Crippen molar-refractivity contribution in [3.8, 4) is 0 Å². The van der Waals surface area contributed by atoms with Crippen molar-refractivity contribution in [1.29, 1.82) is 0 Å². The van der Waals surface area contributed by atoms with Crippen LogP contribution in [0.5, 0.6) is 0 Å². The quantitative estimate of drug-likeness (QED) is 0.376. The highest BCUT2D eigenvalue weighted by Crippen LogP contribution is 2.36. The van der Waals surface area contributed by atoms with E-state index >= 15 is 0 Å². The zero-order valence-electron chi connectivity index (χ0n) is 17.1. The maximum Gasteiger partial charge on any atom is 0.417 e. The number of nitrogens with zero attached hydrogens (tertiary/aromatic N) is 2. The molecule has 1 atom stereocenters. The van der Waals surface area contributed by atoms with E-state index in [1.807, 2.05) is 0 Å². The number of alkyl halides is 3. The maximum atomic E-state index is 13.0. The molecule has 11 heteroatoms. The third-order valence-electron chi connectivity index (χ3n) is 4.51. The molecule has 0 spiro atoms. The highest BCUT2D eigenvalue weighted by atomic mass is 35.5. The minimum atomic E-state index is -4.64. The van der Waals surface area contributed by atoms with E-state index in [1.54, 1.807) is 31.2 Å². The Bertz CT molecular complexity index is 1200. The Hall–Kier alpha value is -2.56.